The number of urea groups is 1. The minimum atomic E-state index is -0.506. The summed E-state index contributed by atoms with van der Waals surface area (Å²) >= 11 is 0. The van der Waals surface area contributed by atoms with Crippen LogP contribution in [0.15, 0.2) is 46.4 Å². The summed E-state index contributed by atoms with van der Waals surface area (Å²) in [5.74, 6) is 1.88. The Morgan fingerprint density at radius 1 is 0.838 bits per heavy atom. The zero-order chi connectivity index (χ0) is 25.1. The lowest BCUT2D eigenvalue weighted by Crippen LogP contribution is -2.58. The number of amides is 2. The van der Waals surface area contributed by atoms with Crippen LogP contribution in [0.4, 0.5) is 10.6 Å². The average Bonchev–Trinajstić information content (AvgIpc) is 2.88. The van der Waals surface area contributed by atoms with E-state index in [1.54, 1.807) is 0 Å². The topological polar surface area (TPSA) is 82.8 Å². The molecular weight excluding hydrogens is 464 g/mol. The fraction of sp³-hybridized carbons (Fsp3) is 0.586. The summed E-state index contributed by atoms with van der Waals surface area (Å²) in [6, 6.07) is 9.11. The number of rotatable bonds is 3. The first-order valence-corrected chi connectivity index (χ1v) is 14.2. The van der Waals surface area contributed by atoms with Crippen LogP contribution in [0.3, 0.4) is 0 Å². The van der Waals surface area contributed by atoms with E-state index in [1.165, 1.54) is 64.0 Å². The third-order valence-electron chi connectivity index (χ3n) is 9.66. The van der Waals surface area contributed by atoms with Crippen LogP contribution in [-0.2, 0) is 0 Å². The number of allylic oxidation sites excluding steroid dienone is 1. The van der Waals surface area contributed by atoms with Crippen molar-refractivity contribution in [2.45, 2.75) is 94.8 Å². The van der Waals surface area contributed by atoms with E-state index >= 15 is 0 Å². The van der Waals surface area contributed by atoms with Gasteiger partial charge in [0, 0.05) is 24.2 Å². The van der Waals surface area contributed by atoms with Crippen molar-refractivity contribution >= 4 is 29.1 Å². The number of para-hydroxylation sites is 2. The summed E-state index contributed by atoms with van der Waals surface area (Å²) in [6.07, 6.45) is 15.5. The molecule has 0 spiro atoms. The van der Waals surface area contributed by atoms with Crippen LogP contribution in [0.5, 0.6) is 0 Å². The van der Waals surface area contributed by atoms with Gasteiger partial charge in [0.2, 0.25) is 5.82 Å². The van der Waals surface area contributed by atoms with Gasteiger partial charge < -0.3 is 9.88 Å². The maximum Gasteiger partial charge on any atom is 0.348 e. The van der Waals surface area contributed by atoms with Crippen LogP contribution in [0.25, 0.3) is 11.0 Å². The largest absolute Gasteiger partial charge is 0.348 e. The van der Waals surface area contributed by atoms with Crippen molar-refractivity contribution < 1.29 is 4.79 Å². The fourth-order valence-electron chi connectivity index (χ4n) is 8.33. The van der Waals surface area contributed by atoms with Gasteiger partial charge in [0.25, 0.3) is 5.56 Å². The standard InChI is InChI=1S/C29H36N6O2/c1-18-17-30-35(29(37)31-18)27-28(36)34(26-11-3-2-10-25(26)32-27)24-15-21-8-5-9-22(16-24)33(21)23-13-19-6-4-7-20(12-19)14-23/h2-3,10-11,17,19-24H,1,4-9,12-16H2,(H,31,37). The van der Waals surface area contributed by atoms with E-state index < -0.39 is 6.03 Å². The lowest BCUT2D eigenvalue weighted by atomic mass is 9.68. The minimum absolute atomic E-state index is 0.0487. The lowest BCUT2D eigenvalue weighted by Gasteiger charge is -2.55. The molecule has 8 heteroatoms. The quantitative estimate of drug-likeness (QED) is 0.646. The second kappa shape index (κ2) is 9.08. The molecule has 1 aromatic carbocycles. The molecule has 7 rings (SSSR count). The van der Waals surface area contributed by atoms with Crippen LogP contribution in [0.2, 0.25) is 0 Å². The molecule has 2 amide bonds. The lowest BCUT2D eigenvalue weighted by molar-refractivity contribution is -0.0485. The van der Waals surface area contributed by atoms with Crippen molar-refractivity contribution in [1.82, 2.24) is 19.8 Å². The molecule has 2 aliphatic carbocycles. The Kier molecular flexibility index (Phi) is 5.68. The van der Waals surface area contributed by atoms with E-state index in [1.807, 2.05) is 28.8 Å². The zero-order valence-electron chi connectivity index (χ0n) is 21.4. The molecular formula is C29H36N6O2. The Morgan fingerprint density at radius 3 is 2.27 bits per heavy atom. The van der Waals surface area contributed by atoms with E-state index in [-0.39, 0.29) is 17.4 Å². The summed E-state index contributed by atoms with van der Waals surface area (Å²) in [5, 5.41) is 7.91. The molecule has 1 aromatic heterocycles. The van der Waals surface area contributed by atoms with Gasteiger partial charge in [0.05, 0.1) is 22.9 Å². The molecule has 4 unspecified atom stereocenters. The number of nitrogens with zero attached hydrogens (tertiary/aromatic N) is 5. The first kappa shape index (κ1) is 23.1. The Morgan fingerprint density at radius 2 is 1.54 bits per heavy atom. The van der Waals surface area contributed by atoms with Gasteiger partial charge in [-0.3, -0.25) is 9.69 Å². The number of aromatic nitrogens is 2. The van der Waals surface area contributed by atoms with E-state index in [4.69, 9.17) is 0 Å². The van der Waals surface area contributed by atoms with Gasteiger partial charge >= 0.3 is 6.03 Å². The number of anilines is 1. The van der Waals surface area contributed by atoms with Gasteiger partial charge in [-0.2, -0.15) is 10.1 Å². The maximum atomic E-state index is 14.0. The monoisotopic (exact) mass is 500 g/mol. The summed E-state index contributed by atoms with van der Waals surface area (Å²) in [7, 11) is 0. The van der Waals surface area contributed by atoms with Crippen molar-refractivity contribution in [3.05, 3.63) is 46.9 Å². The van der Waals surface area contributed by atoms with Gasteiger partial charge in [-0.25, -0.2) is 9.78 Å². The first-order chi connectivity index (χ1) is 18.0. The molecule has 4 bridgehead atoms. The Hall–Kier alpha value is -3.00. The van der Waals surface area contributed by atoms with Crippen molar-refractivity contribution in [2.24, 2.45) is 16.9 Å². The van der Waals surface area contributed by atoms with Crippen LogP contribution in [0, 0.1) is 11.8 Å². The zero-order valence-corrected chi connectivity index (χ0v) is 21.4. The number of carbonyl (C=O) groups is 1. The average molecular weight is 501 g/mol. The molecule has 194 valence electrons. The summed E-state index contributed by atoms with van der Waals surface area (Å²) in [6.45, 7) is 3.74. The molecule has 2 aromatic rings. The Bertz CT molecular complexity index is 1310. The number of hydrogen-bond acceptors (Lipinski definition) is 5. The number of hydrazone groups is 1. The second-order valence-electron chi connectivity index (χ2n) is 11.9. The number of carbonyl (C=O) groups excluding carboxylic acids is 1. The molecule has 0 radical (unpaired) electrons. The highest BCUT2D eigenvalue weighted by Crippen LogP contribution is 2.47. The van der Waals surface area contributed by atoms with Crippen LogP contribution < -0.4 is 15.9 Å². The van der Waals surface area contributed by atoms with Crippen LogP contribution in [0.1, 0.15) is 76.7 Å². The van der Waals surface area contributed by atoms with Gasteiger partial charge in [-0.15, -0.1) is 0 Å². The number of fused-ring (bicyclic) bond motifs is 5. The van der Waals surface area contributed by atoms with E-state index in [2.05, 4.69) is 26.9 Å². The molecule has 37 heavy (non-hydrogen) atoms. The molecule has 2 saturated heterocycles. The molecule has 8 nitrogen and oxygen atoms in total. The number of hydrogen-bond donors (Lipinski definition) is 1. The smallest absolute Gasteiger partial charge is 0.305 e. The number of benzene rings is 1. The molecule has 4 heterocycles. The third kappa shape index (κ3) is 4.00. The summed E-state index contributed by atoms with van der Waals surface area (Å²) in [4.78, 5) is 34.2. The van der Waals surface area contributed by atoms with Crippen LogP contribution in [-0.4, -0.2) is 44.8 Å². The van der Waals surface area contributed by atoms with Gasteiger partial charge in [-0.1, -0.05) is 44.4 Å². The molecule has 4 atom stereocenters. The first-order valence-electron chi connectivity index (χ1n) is 14.2. The highest BCUT2D eigenvalue weighted by Gasteiger charge is 2.45. The van der Waals surface area contributed by atoms with Crippen LogP contribution >= 0.6 is 0 Å². The number of nitrogens with one attached hydrogen (secondary N) is 1. The van der Waals surface area contributed by atoms with Crippen molar-refractivity contribution in [1.29, 1.82) is 0 Å². The molecule has 1 N–H and O–H groups in total. The maximum absolute atomic E-state index is 14.0. The van der Waals surface area contributed by atoms with Crippen molar-refractivity contribution in [3.63, 3.8) is 0 Å². The Balaban J connectivity index is 1.25. The van der Waals surface area contributed by atoms with Gasteiger partial charge in [0.1, 0.15) is 0 Å². The number of piperidine rings is 2. The minimum Gasteiger partial charge on any atom is -0.305 e. The second-order valence-corrected chi connectivity index (χ2v) is 11.9. The fourth-order valence-corrected chi connectivity index (χ4v) is 8.33. The highest BCUT2D eigenvalue weighted by atomic mass is 16.2. The van der Waals surface area contributed by atoms with E-state index in [0.717, 1.165) is 35.2 Å². The highest BCUT2D eigenvalue weighted by molar-refractivity contribution is 6.00. The molecule has 2 saturated carbocycles. The van der Waals surface area contributed by atoms with E-state index in [9.17, 15) is 9.59 Å². The predicted molar refractivity (Wildman–Crippen MR) is 145 cm³/mol. The normalized spacial score (nSPS) is 34.0. The van der Waals surface area contributed by atoms with Gasteiger partial charge in [0.15, 0.2) is 0 Å². The molecule has 3 aliphatic heterocycles. The van der Waals surface area contributed by atoms with Crippen molar-refractivity contribution in [3.8, 4) is 0 Å². The van der Waals surface area contributed by atoms with E-state index in [0.29, 0.717) is 29.3 Å². The predicted octanol–water partition coefficient (Wildman–Crippen LogP) is 4.95. The van der Waals surface area contributed by atoms with Crippen molar-refractivity contribution in [2.75, 3.05) is 5.01 Å². The molecule has 5 aliphatic rings. The van der Waals surface area contributed by atoms with Gasteiger partial charge in [-0.05, 0) is 68.9 Å². The third-order valence-corrected chi connectivity index (χ3v) is 9.66. The summed E-state index contributed by atoms with van der Waals surface area (Å²) in [5.41, 5.74) is 1.69. The molecule has 4 fully saturated rings. The SMILES string of the molecule is C=C1C=NN(c2nc3ccccc3n(C3CC4CCCC(C3)N4C3CC4CCCC(C4)C3)c2=O)C(=O)N1. The Labute approximate surface area is 217 Å². The summed E-state index contributed by atoms with van der Waals surface area (Å²) < 4.78 is 1.93.